The summed E-state index contributed by atoms with van der Waals surface area (Å²) in [5.74, 6) is -2.06. The fourth-order valence-corrected chi connectivity index (χ4v) is 2.52. The second-order valence-electron chi connectivity index (χ2n) is 7.39. The van der Waals surface area contributed by atoms with Crippen LogP contribution in [0.5, 0.6) is 0 Å². The second kappa shape index (κ2) is 12.0. The number of hydrogen-bond donors (Lipinski definition) is 0. The maximum absolute atomic E-state index is 11.8. The smallest absolute Gasteiger partial charge is 0.313 e. The van der Waals surface area contributed by atoms with Crippen LogP contribution in [-0.4, -0.2) is 56.0 Å². The lowest BCUT2D eigenvalue weighted by Crippen LogP contribution is -2.45. The topological polar surface area (TPSA) is 83.5 Å². The van der Waals surface area contributed by atoms with Gasteiger partial charge in [-0.3, -0.25) is 9.59 Å². The van der Waals surface area contributed by atoms with E-state index >= 15 is 0 Å². The van der Waals surface area contributed by atoms with Gasteiger partial charge in [0.05, 0.1) is 21.1 Å². The molecule has 0 fully saturated rings. The Labute approximate surface area is 145 Å². The quantitative estimate of drug-likeness (QED) is 0.206. The molecular weight excluding hydrogens is 310 g/mol. The maximum Gasteiger partial charge on any atom is 0.313 e. The molecule has 1 unspecified atom stereocenters. The number of esters is 1. The first-order valence-electron chi connectivity index (χ1n) is 8.85. The second-order valence-corrected chi connectivity index (χ2v) is 7.39. The van der Waals surface area contributed by atoms with E-state index in [4.69, 9.17) is 4.74 Å². The van der Waals surface area contributed by atoms with Gasteiger partial charge in [0.1, 0.15) is 18.7 Å². The Hall–Kier alpha value is -1.43. The van der Waals surface area contributed by atoms with Gasteiger partial charge in [-0.1, -0.05) is 39.0 Å². The molecule has 0 rings (SSSR count). The maximum atomic E-state index is 11.8. The molecule has 0 aliphatic carbocycles. The summed E-state index contributed by atoms with van der Waals surface area (Å²) in [5.41, 5.74) is 0. The molecule has 0 saturated heterocycles. The third-order valence-corrected chi connectivity index (χ3v) is 3.59. The number of unbranched alkanes of at least 4 members (excludes halogenated alkanes) is 5. The number of carbonyl (C=O) groups excluding carboxylic acids is 3. The van der Waals surface area contributed by atoms with Crippen molar-refractivity contribution in [1.29, 1.82) is 0 Å². The number of hydrogen-bond acceptors (Lipinski definition) is 5. The molecule has 0 bridgehead atoms. The van der Waals surface area contributed by atoms with Gasteiger partial charge in [0.2, 0.25) is 0 Å². The third kappa shape index (κ3) is 14.2. The molecule has 0 radical (unpaired) electrons. The number of ether oxygens (including phenoxy) is 1. The minimum Gasteiger partial charge on any atom is -0.550 e. The zero-order valence-electron chi connectivity index (χ0n) is 15.6. The van der Waals surface area contributed by atoms with E-state index in [9.17, 15) is 19.5 Å². The fourth-order valence-electron chi connectivity index (χ4n) is 2.52. The number of likely N-dealkylation sites (N-methyl/N-ethyl adjacent to an activating group) is 1. The van der Waals surface area contributed by atoms with Crippen molar-refractivity contribution in [2.24, 2.45) is 0 Å². The highest BCUT2D eigenvalue weighted by Gasteiger charge is 2.23. The van der Waals surface area contributed by atoms with Crippen molar-refractivity contribution in [3.8, 4) is 0 Å². The minimum atomic E-state index is -1.26. The predicted octanol–water partition coefficient (Wildman–Crippen LogP) is 1.45. The van der Waals surface area contributed by atoms with Crippen LogP contribution in [0.4, 0.5) is 0 Å². The van der Waals surface area contributed by atoms with E-state index in [1.165, 1.54) is 19.3 Å². The van der Waals surface area contributed by atoms with E-state index in [0.717, 1.165) is 19.3 Å². The van der Waals surface area contributed by atoms with E-state index < -0.39 is 18.0 Å². The lowest BCUT2D eigenvalue weighted by molar-refractivity contribution is -0.873. The Morgan fingerprint density at radius 2 is 1.58 bits per heavy atom. The van der Waals surface area contributed by atoms with Crippen LogP contribution in [0.25, 0.3) is 0 Å². The van der Waals surface area contributed by atoms with Crippen molar-refractivity contribution in [3.63, 3.8) is 0 Å². The van der Waals surface area contributed by atoms with Gasteiger partial charge in [0, 0.05) is 18.8 Å². The number of nitrogens with zero attached hydrogens (tertiary/aromatic N) is 1. The van der Waals surface area contributed by atoms with Gasteiger partial charge in [0.15, 0.2) is 6.10 Å². The molecule has 24 heavy (non-hydrogen) atoms. The summed E-state index contributed by atoms with van der Waals surface area (Å²) in [6.07, 6.45) is 5.45. The molecule has 0 saturated carbocycles. The first-order chi connectivity index (χ1) is 11.1. The van der Waals surface area contributed by atoms with Gasteiger partial charge in [-0.05, 0) is 6.42 Å². The third-order valence-electron chi connectivity index (χ3n) is 3.59. The highest BCUT2D eigenvalue weighted by atomic mass is 16.5. The van der Waals surface area contributed by atoms with E-state index in [0.29, 0.717) is 17.4 Å². The van der Waals surface area contributed by atoms with Crippen LogP contribution in [0.15, 0.2) is 0 Å². The van der Waals surface area contributed by atoms with E-state index in [2.05, 4.69) is 6.92 Å². The lowest BCUT2D eigenvalue weighted by atomic mass is 10.1. The molecule has 0 aliphatic rings. The molecule has 1 atom stereocenters. The first kappa shape index (κ1) is 22.6. The zero-order chi connectivity index (χ0) is 18.6. The van der Waals surface area contributed by atoms with Crippen LogP contribution < -0.4 is 5.11 Å². The molecule has 0 amide bonds. The number of aliphatic carboxylic acids is 1. The molecule has 0 heterocycles. The fraction of sp³-hybridized carbons (Fsp3) is 0.833. The van der Waals surface area contributed by atoms with Crippen LogP contribution in [-0.2, 0) is 19.1 Å². The summed E-state index contributed by atoms with van der Waals surface area (Å²) in [7, 11) is 5.62. The molecule has 0 N–H and O–H groups in total. The average Bonchev–Trinajstić information content (AvgIpc) is 2.39. The summed E-state index contributed by atoms with van der Waals surface area (Å²) in [5, 5.41) is 10.8. The Morgan fingerprint density at radius 3 is 2.12 bits per heavy atom. The van der Waals surface area contributed by atoms with Crippen molar-refractivity contribution in [2.45, 2.75) is 70.8 Å². The summed E-state index contributed by atoms with van der Waals surface area (Å²) >= 11 is 0. The molecule has 0 aromatic heterocycles. The van der Waals surface area contributed by atoms with Crippen LogP contribution in [0.3, 0.4) is 0 Å². The minimum absolute atomic E-state index is 0.145. The van der Waals surface area contributed by atoms with Crippen LogP contribution in [0.1, 0.15) is 64.7 Å². The Morgan fingerprint density at radius 1 is 1.00 bits per heavy atom. The predicted molar refractivity (Wildman–Crippen MR) is 90.0 cm³/mol. The van der Waals surface area contributed by atoms with Crippen molar-refractivity contribution in [3.05, 3.63) is 0 Å². The van der Waals surface area contributed by atoms with Crippen molar-refractivity contribution >= 4 is 17.7 Å². The largest absolute Gasteiger partial charge is 0.550 e. The van der Waals surface area contributed by atoms with Gasteiger partial charge < -0.3 is 19.1 Å². The molecule has 0 aromatic carbocycles. The monoisotopic (exact) mass is 343 g/mol. The van der Waals surface area contributed by atoms with Gasteiger partial charge in [0.25, 0.3) is 0 Å². The Kier molecular flexibility index (Phi) is 11.3. The zero-order valence-corrected chi connectivity index (χ0v) is 15.6. The van der Waals surface area contributed by atoms with Gasteiger partial charge >= 0.3 is 5.97 Å². The molecule has 0 aromatic rings. The average molecular weight is 343 g/mol. The molecule has 140 valence electrons. The van der Waals surface area contributed by atoms with E-state index in [-0.39, 0.29) is 18.6 Å². The highest BCUT2D eigenvalue weighted by molar-refractivity contribution is 5.95. The normalized spacial score (nSPS) is 12.7. The summed E-state index contributed by atoms with van der Waals surface area (Å²) in [4.78, 5) is 34.4. The first-order valence-corrected chi connectivity index (χ1v) is 8.85. The van der Waals surface area contributed by atoms with Gasteiger partial charge in [-0.15, -0.1) is 0 Å². The number of carbonyl (C=O) groups is 3. The summed E-state index contributed by atoms with van der Waals surface area (Å²) < 4.78 is 5.63. The lowest BCUT2D eigenvalue weighted by Gasteiger charge is -2.29. The van der Waals surface area contributed by atoms with Crippen molar-refractivity contribution < 1.29 is 28.7 Å². The van der Waals surface area contributed by atoms with Gasteiger partial charge in [-0.25, -0.2) is 0 Å². The Balaban J connectivity index is 4.13. The number of carboxylic acid groups (broad SMARTS) is 1. The van der Waals surface area contributed by atoms with Gasteiger partial charge in [-0.2, -0.15) is 0 Å². The number of carboxylic acids is 1. The number of ketones is 1. The molecule has 0 aliphatic heterocycles. The molecule has 0 spiro atoms. The Bertz CT molecular complexity index is 401. The number of Topliss-reactive ketones (excluding diaryl/α,β-unsaturated/α-hetero) is 1. The van der Waals surface area contributed by atoms with Crippen LogP contribution >= 0.6 is 0 Å². The van der Waals surface area contributed by atoms with Crippen molar-refractivity contribution in [2.75, 3.05) is 27.7 Å². The van der Waals surface area contributed by atoms with Crippen LogP contribution in [0, 0.1) is 0 Å². The standard InChI is InChI=1S/C18H33NO5/c1-5-6-7-8-9-10-11-15(20)12-18(23)24-16(13-17(21)22)14-19(2,3)4/h16H,5-14H2,1-4H3. The highest BCUT2D eigenvalue weighted by Crippen LogP contribution is 2.10. The van der Waals surface area contributed by atoms with Crippen LogP contribution in [0.2, 0.25) is 0 Å². The summed E-state index contributed by atoms with van der Waals surface area (Å²) in [6.45, 7) is 2.51. The summed E-state index contributed by atoms with van der Waals surface area (Å²) in [6, 6.07) is 0. The number of quaternary nitrogens is 1. The van der Waals surface area contributed by atoms with Crippen molar-refractivity contribution in [1.82, 2.24) is 0 Å². The van der Waals surface area contributed by atoms with E-state index in [1.54, 1.807) is 0 Å². The molecular formula is C18H33NO5. The molecule has 6 heteroatoms. The number of rotatable bonds is 14. The van der Waals surface area contributed by atoms with E-state index in [1.807, 2.05) is 21.1 Å². The SMILES string of the molecule is CCCCCCCCC(=O)CC(=O)OC(CC(=O)[O-])C[N+](C)(C)C. The molecule has 6 nitrogen and oxygen atoms in total.